The first-order chi connectivity index (χ1) is 12.9. The van der Waals surface area contributed by atoms with Gasteiger partial charge >= 0.3 is 6.18 Å². The van der Waals surface area contributed by atoms with Crippen LogP contribution in [0.5, 0.6) is 0 Å². The van der Waals surface area contributed by atoms with Crippen molar-refractivity contribution in [3.8, 4) is 0 Å². The molecule has 0 amide bonds. The molecule has 1 N–H and O–H groups in total. The SMILES string of the molecule is CN=C(NCC1(C2CC2)CC1)N1CCOC(c2cccc(C(F)(F)F)c2)C1.I. The summed E-state index contributed by atoms with van der Waals surface area (Å²) in [5, 5.41) is 3.51. The first-order valence-electron chi connectivity index (χ1n) is 9.66. The molecule has 0 radical (unpaired) electrons. The molecular weight excluding hydrogens is 482 g/mol. The molecule has 1 aromatic carbocycles. The van der Waals surface area contributed by atoms with Crippen LogP contribution in [0.1, 0.15) is 42.9 Å². The lowest BCUT2D eigenvalue weighted by molar-refractivity contribution is -0.137. The molecule has 8 heteroatoms. The monoisotopic (exact) mass is 509 g/mol. The number of benzene rings is 1. The molecule has 3 aliphatic rings. The minimum atomic E-state index is -4.34. The van der Waals surface area contributed by atoms with Crippen LogP contribution in [0.3, 0.4) is 0 Å². The molecule has 0 spiro atoms. The van der Waals surface area contributed by atoms with Gasteiger partial charge in [0.15, 0.2) is 5.96 Å². The number of guanidine groups is 1. The van der Waals surface area contributed by atoms with Gasteiger partial charge < -0.3 is 15.0 Å². The Morgan fingerprint density at radius 2 is 2.07 bits per heavy atom. The standard InChI is InChI=1S/C20H26F3N3O.HI/c1-24-18(25-13-19(7-8-19)15-5-6-15)26-9-10-27-17(12-26)14-3-2-4-16(11-14)20(21,22)23;/h2-4,11,15,17H,5-10,12-13H2,1H3,(H,24,25);1H. The van der Waals surface area contributed by atoms with Gasteiger partial charge in [0.2, 0.25) is 0 Å². The third kappa shape index (κ3) is 4.75. The predicted octanol–water partition coefficient (Wildman–Crippen LogP) is 4.46. The van der Waals surface area contributed by atoms with Crippen molar-refractivity contribution in [1.82, 2.24) is 10.2 Å². The van der Waals surface area contributed by atoms with E-state index in [1.165, 1.54) is 37.8 Å². The van der Waals surface area contributed by atoms with Gasteiger partial charge in [-0.05, 0) is 54.7 Å². The van der Waals surface area contributed by atoms with Crippen molar-refractivity contribution in [2.75, 3.05) is 33.3 Å². The van der Waals surface area contributed by atoms with Crippen molar-refractivity contribution >= 4 is 29.9 Å². The summed E-state index contributed by atoms with van der Waals surface area (Å²) in [7, 11) is 1.76. The lowest BCUT2D eigenvalue weighted by atomic mass is 10.0. The van der Waals surface area contributed by atoms with Gasteiger partial charge in [-0.3, -0.25) is 4.99 Å². The molecule has 156 valence electrons. The van der Waals surface area contributed by atoms with E-state index in [1.807, 2.05) is 0 Å². The number of hydrogen-bond acceptors (Lipinski definition) is 2. The summed E-state index contributed by atoms with van der Waals surface area (Å²) in [6, 6.07) is 5.43. The predicted molar refractivity (Wildman–Crippen MR) is 113 cm³/mol. The van der Waals surface area contributed by atoms with Crippen LogP contribution in [0, 0.1) is 11.3 Å². The quantitative estimate of drug-likeness (QED) is 0.370. The summed E-state index contributed by atoms with van der Waals surface area (Å²) in [6.07, 6.45) is 0.529. The summed E-state index contributed by atoms with van der Waals surface area (Å²) in [5.74, 6) is 1.69. The molecule has 0 aromatic heterocycles. The number of nitrogens with zero attached hydrogens (tertiary/aromatic N) is 2. The van der Waals surface area contributed by atoms with Crippen molar-refractivity contribution in [3.05, 3.63) is 35.4 Å². The second-order valence-electron chi connectivity index (χ2n) is 7.97. The molecule has 0 bridgehead atoms. The number of hydrogen-bond donors (Lipinski definition) is 1. The second kappa shape index (κ2) is 8.38. The lowest BCUT2D eigenvalue weighted by Gasteiger charge is -2.36. The van der Waals surface area contributed by atoms with E-state index in [2.05, 4.69) is 15.2 Å². The minimum absolute atomic E-state index is 0. The fraction of sp³-hybridized carbons (Fsp3) is 0.650. The normalized spacial score (nSPS) is 24.5. The highest BCUT2D eigenvalue weighted by atomic mass is 127. The van der Waals surface area contributed by atoms with Crippen LogP contribution >= 0.6 is 24.0 Å². The number of ether oxygens (including phenoxy) is 1. The van der Waals surface area contributed by atoms with Gasteiger partial charge in [-0.2, -0.15) is 13.2 Å². The smallest absolute Gasteiger partial charge is 0.370 e. The molecule has 1 saturated heterocycles. The van der Waals surface area contributed by atoms with E-state index < -0.39 is 17.8 Å². The minimum Gasteiger partial charge on any atom is -0.370 e. The number of morpholine rings is 1. The molecule has 1 atom stereocenters. The van der Waals surface area contributed by atoms with Gasteiger partial charge in [0, 0.05) is 20.1 Å². The van der Waals surface area contributed by atoms with Crippen LogP contribution in [0.4, 0.5) is 13.2 Å². The van der Waals surface area contributed by atoms with Gasteiger partial charge in [0.1, 0.15) is 6.10 Å². The third-order valence-corrected chi connectivity index (χ3v) is 6.10. The van der Waals surface area contributed by atoms with Crippen LogP contribution in [-0.4, -0.2) is 44.1 Å². The highest BCUT2D eigenvalue weighted by Crippen LogP contribution is 2.60. The maximum atomic E-state index is 13.0. The van der Waals surface area contributed by atoms with Crippen molar-refractivity contribution in [2.24, 2.45) is 16.3 Å². The second-order valence-corrected chi connectivity index (χ2v) is 7.97. The van der Waals surface area contributed by atoms with Crippen LogP contribution in [0.15, 0.2) is 29.3 Å². The zero-order chi connectivity index (χ0) is 19.1. The van der Waals surface area contributed by atoms with Crippen LogP contribution in [0.25, 0.3) is 0 Å². The van der Waals surface area contributed by atoms with E-state index in [1.54, 1.807) is 13.1 Å². The van der Waals surface area contributed by atoms with Crippen molar-refractivity contribution in [2.45, 2.75) is 38.0 Å². The molecule has 1 aliphatic heterocycles. The Morgan fingerprint density at radius 3 is 2.68 bits per heavy atom. The highest BCUT2D eigenvalue weighted by Gasteiger charge is 2.53. The van der Waals surface area contributed by atoms with E-state index in [-0.39, 0.29) is 24.0 Å². The Balaban J connectivity index is 0.00000225. The Kier molecular flexibility index (Phi) is 6.48. The Morgan fingerprint density at radius 1 is 1.32 bits per heavy atom. The van der Waals surface area contributed by atoms with Gasteiger partial charge in [-0.15, -0.1) is 24.0 Å². The maximum absolute atomic E-state index is 13.0. The molecule has 3 fully saturated rings. The van der Waals surface area contributed by atoms with Crippen molar-refractivity contribution in [3.63, 3.8) is 0 Å². The number of halogens is 4. The zero-order valence-corrected chi connectivity index (χ0v) is 18.3. The van der Waals surface area contributed by atoms with Crippen LogP contribution in [-0.2, 0) is 10.9 Å². The highest BCUT2D eigenvalue weighted by molar-refractivity contribution is 14.0. The Hall–Kier alpha value is -1.03. The number of nitrogens with one attached hydrogen (secondary N) is 1. The van der Waals surface area contributed by atoms with E-state index >= 15 is 0 Å². The zero-order valence-electron chi connectivity index (χ0n) is 16.0. The molecule has 1 heterocycles. The summed E-state index contributed by atoms with van der Waals surface area (Å²) < 4.78 is 44.8. The molecule has 2 aliphatic carbocycles. The first-order valence-corrected chi connectivity index (χ1v) is 9.66. The number of alkyl halides is 3. The van der Waals surface area contributed by atoms with E-state index in [0.29, 0.717) is 30.7 Å². The van der Waals surface area contributed by atoms with Gasteiger partial charge in [0.05, 0.1) is 18.7 Å². The lowest BCUT2D eigenvalue weighted by Crippen LogP contribution is -2.49. The van der Waals surface area contributed by atoms with E-state index in [9.17, 15) is 13.2 Å². The molecule has 28 heavy (non-hydrogen) atoms. The fourth-order valence-electron chi connectivity index (χ4n) is 4.13. The summed E-state index contributed by atoms with van der Waals surface area (Å²) in [6.45, 7) is 2.59. The Bertz CT molecular complexity index is 717. The average molecular weight is 509 g/mol. The largest absolute Gasteiger partial charge is 0.416 e. The molecule has 1 unspecified atom stereocenters. The first kappa shape index (κ1) is 21.7. The third-order valence-electron chi connectivity index (χ3n) is 6.10. The summed E-state index contributed by atoms with van der Waals surface area (Å²) >= 11 is 0. The summed E-state index contributed by atoms with van der Waals surface area (Å²) in [4.78, 5) is 6.50. The molecule has 2 saturated carbocycles. The van der Waals surface area contributed by atoms with Crippen molar-refractivity contribution < 1.29 is 17.9 Å². The summed E-state index contributed by atoms with van der Waals surface area (Å²) in [5.41, 5.74) is 0.382. The maximum Gasteiger partial charge on any atom is 0.416 e. The average Bonchev–Trinajstić information content (AvgIpc) is 3.55. The van der Waals surface area contributed by atoms with Gasteiger partial charge in [-0.25, -0.2) is 0 Å². The number of rotatable bonds is 4. The fourth-order valence-corrected chi connectivity index (χ4v) is 4.13. The van der Waals surface area contributed by atoms with E-state index in [4.69, 9.17) is 4.74 Å². The van der Waals surface area contributed by atoms with Crippen LogP contribution in [0.2, 0.25) is 0 Å². The molecule has 4 nitrogen and oxygen atoms in total. The molecular formula is C20H27F3IN3O. The van der Waals surface area contributed by atoms with Gasteiger partial charge in [-0.1, -0.05) is 12.1 Å². The molecule has 1 aromatic rings. The number of aliphatic imine (C=N–C) groups is 1. The van der Waals surface area contributed by atoms with Crippen LogP contribution < -0.4 is 5.32 Å². The Labute approximate surface area is 180 Å². The topological polar surface area (TPSA) is 36.9 Å². The van der Waals surface area contributed by atoms with Crippen molar-refractivity contribution in [1.29, 1.82) is 0 Å². The van der Waals surface area contributed by atoms with E-state index in [0.717, 1.165) is 24.5 Å². The molecule has 4 rings (SSSR count). The van der Waals surface area contributed by atoms with Gasteiger partial charge in [0.25, 0.3) is 0 Å².